The van der Waals surface area contributed by atoms with E-state index in [4.69, 9.17) is 9.47 Å². The van der Waals surface area contributed by atoms with Crippen molar-refractivity contribution in [1.82, 2.24) is 5.32 Å². The Morgan fingerprint density at radius 3 is 2.28 bits per heavy atom. The molecule has 6 fully saturated rings. The summed E-state index contributed by atoms with van der Waals surface area (Å²) in [4.78, 5) is 26.1. The number of aliphatic hydroxyl groups is 7. The van der Waals surface area contributed by atoms with Crippen molar-refractivity contribution in [3.05, 3.63) is 11.6 Å². The summed E-state index contributed by atoms with van der Waals surface area (Å²) in [6.07, 6.45) is -0.302. The van der Waals surface area contributed by atoms with Crippen molar-refractivity contribution in [3.63, 3.8) is 0 Å². The van der Waals surface area contributed by atoms with Gasteiger partial charge in [-0.05, 0) is 109 Å². The van der Waals surface area contributed by atoms with Gasteiger partial charge < -0.3 is 55.6 Å². The first-order valence-electron chi connectivity index (χ1n) is 20.4. The van der Waals surface area contributed by atoms with Crippen molar-refractivity contribution < 1.29 is 59.9 Å². The predicted octanol–water partition coefficient (Wildman–Crippen LogP) is 1.58. The smallest absolute Gasteiger partial charge is 0.310 e. The van der Waals surface area contributed by atoms with Gasteiger partial charge in [0.2, 0.25) is 5.91 Å². The van der Waals surface area contributed by atoms with Crippen molar-refractivity contribution in [2.45, 2.75) is 129 Å². The summed E-state index contributed by atoms with van der Waals surface area (Å²) in [5, 5.41) is 90.2. The van der Waals surface area contributed by atoms with Gasteiger partial charge in [0.25, 0.3) is 0 Å². The maximum Gasteiger partial charge on any atom is 0.310 e. The fourth-order valence-electron chi connectivity index (χ4n) is 14.1. The van der Waals surface area contributed by atoms with E-state index in [0.717, 1.165) is 6.42 Å². The van der Waals surface area contributed by atoms with E-state index in [-0.39, 0.29) is 72.3 Å². The third-order valence-corrected chi connectivity index (χ3v) is 17.7. The molecule has 0 bridgehead atoms. The molecule has 7 aliphatic rings. The summed E-state index contributed by atoms with van der Waals surface area (Å²) in [6, 6.07) is 0. The monoisotopic (exact) mass is 763 g/mol. The zero-order chi connectivity index (χ0) is 39.4. The zero-order valence-corrected chi connectivity index (χ0v) is 32.6. The van der Waals surface area contributed by atoms with E-state index in [0.29, 0.717) is 57.9 Å². The van der Waals surface area contributed by atoms with Crippen LogP contribution < -0.4 is 5.32 Å². The van der Waals surface area contributed by atoms with Crippen molar-refractivity contribution in [2.24, 2.45) is 68.0 Å². The molecule has 9 N–H and O–H groups in total. The van der Waals surface area contributed by atoms with Crippen LogP contribution in [0.15, 0.2) is 11.6 Å². The van der Waals surface area contributed by atoms with E-state index >= 15 is 0 Å². The SMILES string of the molecule is C[C@]1(CO)CC[C@]2(C(=O)O)CC[C@]3(C)C(=CC[C@@H]4[C@@]5(C)[C@H](C[C@@H]6CNC(=O)[C@H]6CO)[C@@H](O)[C@@H](O[C@@H]6OC[C@@H](O)[C@H](O)[C@H]6O)[C@@](C)(CO)[C@H]5CC[C@]43C)[C@@H]2C1. The van der Waals surface area contributed by atoms with Crippen molar-refractivity contribution >= 4 is 11.9 Å². The van der Waals surface area contributed by atoms with Gasteiger partial charge in [0.05, 0.1) is 43.4 Å². The number of hydrogen-bond acceptors (Lipinski definition) is 11. The van der Waals surface area contributed by atoms with Crippen LogP contribution in [0.4, 0.5) is 0 Å². The number of carbonyl (C=O) groups excluding carboxylic acids is 1. The molecule has 0 aromatic rings. The molecule has 0 aromatic heterocycles. The summed E-state index contributed by atoms with van der Waals surface area (Å²) in [5.74, 6) is -2.87. The van der Waals surface area contributed by atoms with Gasteiger partial charge in [-0.2, -0.15) is 0 Å². The number of aliphatic carboxylic acids is 1. The average molecular weight is 764 g/mol. The van der Waals surface area contributed by atoms with Gasteiger partial charge in [-0.1, -0.05) is 46.3 Å². The van der Waals surface area contributed by atoms with Crippen LogP contribution in [0.3, 0.4) is 0 Å². The number of allylic oxidation sites excluding steroid dienone is 2. The highest BCUT2D eigenvalue weighted by molar-refractivity contribution is 5.81. The van der Waals surface area contributed by atoms with Gasteiger partial charge in [-0.3, -0.25) is 9.59 Å². The molecule has 4 saturated carbocycles. The summed E-state index contributed by atoms with van der Waals surface area (Å²) in [6.45, 7) is 10.2. The molecular weight excluding hydrogens is 698 g/mol. The lowest BCUT2D eigenvalue weighted by atomic mass is 9.31. The van der Waals surface area contributed by atoms with Crippen LogP contribution in [0.5, 0.6) is 0 Å². The van der Waals surface area contributed by atoms with Crippen LogP contribution in [0, 0.1) is 68.0 Å². The van der Waals surface area contributed by atoms with Crippen LogP contribution >= 0.6 is 0 Å². The molecule has 1 amide bonds. The number of nitrogens with one attached hydrogen (secondary N) is 1. The number of aliphatic hydroxyl groups excluding tert-OH is 7. The minimum Gasteiger partial charge on any atom is -0.481 e. The zero-order valence-electron chi connectivity index (χ0n) is 32.6. The number of carboxylic acids is 1. The Labute approximate surface area is 318 Å². The Balaban J connectivity index is 1.33. The highest BCUT2D eigenvalue weighted by atomic mass is 16.7. The highest BCUT2D eigenvalue weighted by Gasteiger charge is 2.73. The number of carboxylic acid groups (broad SMARTS) is 1. The highest BCUT2D eigenvalue weighted by Crippen LogP contribution is 2.77. The van der Waals surface area contributed by atoms with Crippen LogP contribution in [-0.2, 0) is 19.1 Å². The van der Waals surface area contributed by atoms with Gasteiger partial charge >= 0.3 is 5.97 Å². The number of carbonyl (C=O) groups is 2. The second-order valence-electron chi connectivity index (χ2n) is 19.9. The standard InChI is InChI=1S/C41H65NO12/c1-36(19-44)10-12-41(35(51)52)13-11-38(3)23(25(41)15-36)6-7-28-39(38,4)9-8-27-37(2,20-45)32(54-34-31(49)30(48)26(46)18-53-34)29(47)24(40(27,28)5)14-21-16-42-33(50)22(21)17-43/h6,21-22,24-32,34,43-49H,7-20H2,1-5H3,(H,42,50)(H,51,52)/t21-,22+,24-,25+,26-,27-,28+,29-,30+,31-,32-,34+,36+,37+,38-,39-,40+,41+/m1/s1. The molecule has 54 heavy (non-hydrogen) atoms. The fourth-order valence-corrected chi connectivity index (χ4v) is 14.1. The Bertz CT molecular complexity index is 1510. The maximum atomic E-state index is 13.2. The largest absolute Gasteiger partial charge is 0.481 e. The molecule has 0 spiro atoms. The number of amides is 1. The first-order chi connectivity index (χ1) is 25.3. The molecular formula is C41H65NO12. The van der Waals surface area contributed by atoms with Crippen LogP contribution in [-0.4, -0.2) is 123 Å². The Hall–Kier alpha value is -1.68. The van der Waals surface area contributed by atoms with Crippen LogP contribution in [0.25, 0.3) is 0 Å². The van der Waals surface area contributed by atoms with Gasteiger partial charge in [-0.25, -0.2) is 0 Å². The molecule has 306 valence electrons. The van der Waals surface area contributed by atoms with E-state index in [1.807, 2.05) is 6.92 Å². The average Bonchev–Trinajstić information content (AvgIpc) is 3.50. The number of rotatable bonds is 8. The molecule has 2 saturated heterocycles. The fraction of sp³-hybridized carbons (Fsp3) is 0.902. The molecule has 2 heterocycles. The molecule has 0 aromatic carbocycles. The topological polar surface area (TPSA) is 226 Å². The predicted molar refractivity (Wildman–Crippen MR) is 194 cm³/mol. The number of hydrogen-bond donors (Lipinski definition) is 9. The van der Waals surface area contributed by atoms with Crippen LogP contribution in [0.1, 0.15) is 92.4 Å². The van der Waals surface area contributed by atoms with Crippen LogP contribution in [0.2, 0.25) is 0 Å². The summed E-state index contributed by atoms with van der Waals surface area (Å²) < 4.78 is 12.1. The first kappa shape index (κ1) is 40.5. The lowest BCUT2D eigenvalue weighted by Crippen LogP contribution is -2.72. The van der Waals surface area contributed by atoms with Gasteiger partial charge in [-0.15, -0.1) is 0 Å². The lowest BCUT2D eigenvalue weighted by Gasteiger charge is -2.73. The summed E-state index contributed by atoms with van der Waals surface area (Å²) >= 11 is 0. The van der Waals surface area contributed by atoms with E-state index in [1.165, 1.54) is 5.57 Å². The number of fused-ring (bicyclic) bond motifs is 7. The molecule has 2 aliphatic heterocycles. The van der Waals surface area contributed by atoms with Crippen molar-refractivity contribution in [3.8, 4) is 0 Å². The minimum absolute atomic E-state index is 0.00120. The molecule has 13 nitrogen and oxygen atoms in total. The molecule has 0 unspecified atom stereocenters. The van der Waals surface area contributed by atoms with Crippen molar-refractivity contribution in [2.75, 3.05) is 33.0 Å². The Morgan fingerprint density at radius 2 is 1.63 bits per heavy atom. The van der Waals surface area contributed by atoms with E-state index < -0.39 is 70.9 Å². The van der Waals surface area contributed by atoms with E-state index in [2.05, 4.69) is 39.1 Å². The summed E-state index contributed by atoms with van der Waals surface area (Å²) in [5.41, 5.74) is -2.48. The maximum absolute atomic E-state index is 13.2. The Morgan fingerprint density at radius 1 is 0.926 bits per heavy atom. The second-order valence-corrected chi connectivity index (χ2v) is 19.9. The molecule has 0 radical (unpaired) electrons. The third-order valence-electron chi connectivity index (χ3n) is 17.7. The molecule has 18 atom stereocenters. The number of ether oxygens (including phenoxy) is 2. The van der Waals surface area contributed by atoms with E-state index in [9.17, 15) is 50.4 Å². The van der Waals surface area contributed by atoms with Crippen molar-refractivity contribution in [1.29, 1.82) is 0 Å². The molecule has 7 rings (SSSR count). The summed E-state index contributed by atoms with van der Waals surface area (Å²) in [7, 11) is 0. The lowest BCUT2D eigenvalue weighted by molar-refractivity contribution is -0.340. The Kier molecular flexibility index (Phi) is 10.3. The molecule has 13 heteroatoms. The van der Waals surface area contributed by atoms with E-state index in [1.54, 1.807) is 0 Å². The quantitative estimate of drug-likeness (QED) is 0.127. The normalized spacial score (nSPS) is 54.4. The third kappa shape index (κ3) is 5.49. The first-order valence-corrected chi connectivity index (χ1v) is 20.4. The van der Waals surface area contributed by atoms with Gasteiger partial charge in [0.1, 0.15) is 18.3 Å². The van der Waals surface area contributed by atoms with Gasteiger partial charge in [0.15, 0.2) is 6.29 Å². The second kappa shape index (κ2) is 13.7. The minimum atomic E-state index is -1.60. The van der Waals surface area contributed by atoms with Gasteiger partial charge in [0, 0.05) is 18.6 Å². The molecule has 5 aliphatic carbocycles.